The number of non-ortho nitro benzene ring substituents is 1. The zero-order valence-corrected chi connectivity index (χ0v) is 20.5. The van der Waals surface area contributed by atoms with Gasteiger partial charge in [0.05, 0.1) is 11.0 Å². The van der Waals surface area contributed by atoms with Crippen LogP contribution in [-0.4, -0.2) is 16.9 Å². The first kappa shape index (κ1) is 25.8. The van der Waals surface area contributed by atoms with Crippen molar-refractivity contribution >= 4 is 30.2 Å². The monoisotopic (exact) mass is 524 g/mol. The zero-order valence-electron chi connectivity index (χ0n) is 19.6. The summed E-state index contributed by atoms with van der Waals surface area (Å²) in [4.78, 5) is 22.8. The van der Waals surface area contributed by atoms with Crippen LogP contribution in [0.5, 0.6) is 11.5 Å². The maximum absolute atomic E-state index is 14.6. The predicted octanol–water partition coefficient (Wildman–Crippen LogP) is 6.17. The number of benzene rings is 4. The molecule has 37 heavy (non-hydrogen) atoms. The van der Waals surface area contributed by atoms with E-state index < -0.39 is 41.9 Å². The normalized spacial score (nSPS) is 13.4. The molecule has 190 valence electrons. The zero-order chi connectivity index (χ0) is 26.4. The number of rotatable bonds is 10. The topological polar surface area (TPSA) is 117 Å². The summed E-state index contributed by atoms with van der Waals surface area (Å²) in [5.41, 5.74) is 0.239. The number of nitro benzene ring substituents is 1. The lowest BCUT2D eigenvalue weighted by Gasteiger charge is -2.24. The molecule has 0 aliphatic heterocycles. The fraction of sp³-hybridized carbons (Fsp3) is 0.115. The van der Waals surface area contributed by atoms with Crippen molar-refractivity contribution in [1.29, 1.82) is 0 Å². The van der Waals surface area contributed by atoms with E-state index in [1.807, 2.05) is 24.3 Å². The number of hydrogen-bond acceptors (Lipinski definition) is 7. The van der Waals surface area contributed by atoms with Gasteiger partial charge in [0, 0.05) is 11.5 Å². The maximum atomic E-state index is 14.6. The second-order valence-electron chi connectivity index (χ2n) is 7.97. The number of esters is 1. The van der Waals surface area contributed by atoms with E-state index in [2.05, 4.69) is 5.09 Å². The molecule has 0 bridgehead atoms. The van der Waals surface area contributed by atoms with Gasteiger partial charge in [0.15, 0.2) is 11.6 Å². The number of ether oxygens (including phenoxy) is 1. The molecule has 4 rings (SSSR count). The van der Waals surface area contributed by atoms with Crippen LogP contribution in [0, 0.1) is 15.9 Å². The number of carbonyl (C=O) groups is 1. The van der Waals surface area contributed by atoms with Crippen LogP contribution in [0.1, 0.15) is 12.5 Å². The van der Waals surface area contributed by atoms with Gasteiger partial charge < -0.3 is 13.8 Å². The van der Waals surface area contributed by atoms with Crippen molar-refractivity contribution in [1.82, 2.24) is 5.09 Å². The van der Waals surface area contributed by atoms with Gasteiger partial charge in [-0.1, -0.05) is 66.7 Å². The number of halogens is 1. The third kappa shape index (κ3) is 6.49. The quantitative estimate of drug-likeness (QED) is 0.113. The van der Waals surface area contributed by atoms with Gasteiger partial charge in [-0.2, -0.15) is 5.09 Å². The van der Waals surface area contributed by atoms with E-state index in [0.29, 0.717) is 11.5 Å². The van der Waals surface area contributed by atoms with Gasteiger partial charge in [0.1, 0.15) is 18.4 Å². The summed E-state index contributed by atoms with van der Waals surface area (Å²) in [5, 5.41) is 14.8. The fourth-order valence-corrected chi connectivity index (χ4v) is 4.97. The van der Waals surface area contributed by atoms with Crippen LogP contribution in [0.2, 0.25) is 0 Å². The second kappa shape index (κ2) is 11.2. The Morgan fingerprint density at radius 1 is 0.973 bits per heavy atom. The molecule has 0 amide bonds. The summed E-state index contributed by atoms with van der Waals surface area (Å²) < 4.78 is 45.0. The number of carbonyl (C=O) groups excluding carboxylic acids is 1. The van der Waals surface area contributed by atoms with Gasteiger partial charge >= 0.3 is 13.7 Å². The maximum Gasteiger partial charge on any atom is 0.513 e. The highest BCUT2D eigenvalue weighted by atomic mass is 31.2. The van der Waals surface area contributed by atoms with Crippen molar-refractivity contribution in [3.05, 3.63) is 112 Å². The Balaban J connectivity index is 1.60. The first-order valence-corrected chi connectivity index (χ1v) is 12.7. The van der Waals surface area contributed by atoms with Crippen molar-refractivity contribution in [3.63, 3.8) is 0 Å². The van der Waals surface area contributed by atoms with E-state index in [0.717, 1.165) is 23.1 Å². The number of hydrogen-bond donors (Lipinski definition) is 1. The van der Waals surface area contributed by atoms with E-state index in [1.165, 1.54) is 6.92 Å². The van der Waals surface area contributed by atoms with Gasteiger partial charge in [0.2, 0.25) is 0 Å². The third-order valence-corrected chi connectivity index (χ3v) is 6.82. The van der Waals surface area contributed by atoms with Gasteiger partial charge in [0.25, 0.3) is 5.69 Å². The van der Waals surface area contributed by atoms with E-state index in [1.54, 1.807) is 48.5 Å². The van der Waals surface area contributed by atoms with Crippen LogP contribution in [0.25, 0.3) is 10.8 Å². The number of nitro groups is 1. The predicted molar refractivity (Wildman–Crippen MR) is 135 cm³/mol. The standard InChI is InChI=1S/C26H22FN2O7P/c1-18(26(30)34-17-19-8-3-2-4-9-19)28-37(33,36-25-15-14-21(29(31)32)16-23(25)27)35-24-13-7-11-20-10-5-6-12-22(20)24/h2-16,18H,17H2,1H3,(H,28,33)/t18-,37?/m0/s1. The Kier molecular flexibility index (Phi) is 7.81. The van der Waals surface area contributed by atoms with Crippen molar-refractivity contribution in [2.24, 2.45) is 0 Å². The Morgan fingerprint density at radius 3 is 2.38 bits per heavy atom. The van der Waals surface area contributed by atoms with Crippen molar-refractivity contribution in [2.75, 3.05) is 0 Å². The summed E-state index contributed by atoms with van der Waals surface area (Å²) in [6.45, 7) is 1.38. The van der Waals surface area contributed by atoms with Gasteiger partial charge in [-0.25, -0.2) is 8.96 Å². The Labute approximate surface area is 211 Å². The molecule has 4 aromatic carbocycles. The van der Waals surface area contributed by atoms with E-state index >= 15 is 0 Å². The largest absolute Gasteiger partial charge is 0.513 e. The molecule has 0 saturated carbocycles. The van der Waals surface area contributed by atoms with Crippen LogP contribution in [0.3, 0.4) is 0 Å². The minimum atomic E-state index is -4.50. The van der Waals surface area contributed by atoms with Crippen LogP contribution >= 0.6 is 7.75 Å². The minimum Gasteiger partial charge on any atom is -0.460 e. The molecular formula is C26H22FN2O7P. The number of nitrogens with zero attached hydrogens (tertiary/aromatic N) is 1. The lowest BCUT2D eigenvalue weighted by Crippen LogP contribution is -2.35. The number of nitrogens with one attached hydrogen (secondary N) is 1. The molecule has 1 unspecified atom stereocenters. The van der Waals surface area contributed by atoms with Gasteiger partial charge in [-0.05, 0) is 30.0 Å². The first-order chi connectivity index (χ1) is 17.7. The molecule has 2 atom stereocenters. The highest BCUT2D eigenvalue weighted by molar-refractivity contribution is 7.52. The summed E-state index contributed by atoms with van der Waals surface area (Å²) >= 11 is 0. The fourth-order valence-electron chi connectivity index (χ4n) is 3.43. The molecule has 0 heterocycles. The smallest absolute Gasteiger partial charge is 0.460 e. The van der Waals surface area contributed by atoms with E-state index in [-0.39, 0.29) is 12.4 Å². The molecule has 9 nitrogen and oxygen atoms in total. The summed E-state index contributed by atoms with van der Waals surface area (Å²) in [6.07, 6.45) is 0. The van der Waals surface area contributed by atoms with Crippen LogP contribution in [0.4, 0.5) is 10.1 Å². The minimum absolute atomic E-state index is 0.0159. The highest BCUT2D eigenvalue weighted by Gasteiger charge is 2.35. The average Bonchev–Trinajstić information content (AvgIpc) is 2.89. The van der Waals surface area contributed by atoms with Crippen LogP contribution in [0.15, 0.2) is 91.0 Å². The lowest BCUT2D eigenvalue weighted by molar-refractivity contribution is -0.385. The van der Waals surface area contributed by atoms with Crippen LogP contribution in [-0.2, 0) is 20.7 Å². The van der Waals surface area contributed by atoms with Crippen molar-refractivity contribution in [3.8, 4) is 11.5 Å². The van der Waals surface area contributed by atoms with Crippen molar-refractivity contribution in [2.45, 2.75) is 19.6 Å². The van der Waals surface area contributed by atoms with Crippen molar-refractivity contribution < 1.29 is 32.5 Å². The average molecular weight is 524 g/mol. The third-order valence-electron chi connectivity index (χ3n) is 5.24. The van der Waals surface area contributed by atoms with Gasteiger partial charge in [-0.15, -0.1) is 0 Å². The highest BCUT2D eigenvalue weighted by Crippen LogP contribution is 2.47. The van der Waals surface area contributed by atoms with Gasteiger partial charge in [-0.3, -0.25) is 14.9 Å². The molecule has 0 radical (unpaired) electrons. The summed E-state index contributed by atoms with van der Waals surface area (Å²) in [5.74, 6) is -2.29. The molecule has 11 heteroatoms. The Hall–Kier alpha value is -4.27. The molecule has 0 fully saturated rings. The molecule has 4 aromatic rings. The second-order valence-corrected chi connectivity index (χ2v) is 9.59. The molecular weight excluding hydrogens is 502 g/mol. The molecule has 0 spiro atoms. The molecule has 0 aromatic heterocycles. The summed E-state index contributed by atoms with van der Waals surface area (Å²) in [7, 11) is -4.50. The molecule has 0 aliphatic rings. The van der Waals surface area contributed by atoms with Crippen LogP contribution < -0.4 is 14.1 Å². The molecule has 0 saturated heterocycles. The first-order valence-electron chi connectivity index (χ1n) is 11.1. The molecule has 1 N–H and O–H groups in total. The van der Waals surface area contributed by atoms with E-state index in [4.69, 9.17) is 13.8 Å². The van der Waals surface area contributed by atoms with E-state index in [9.17, 15) is 23.9 Å². The molecule has 0 aliphatic carbocycles. The SMILES string of the molecule is C[C@H](NP(=O)(Oc1ccc([N+](=O)[O-])cc1F)Oc1cccc2ccccc12)C(=O)OCc1ccccc1. The Morgan fingerprint density at radius 2 is 1.65 bits per heavy atom. The lowest BCUT2D eigenvalue weighted by atomic mass is 10.1. The Bertz CT molecular complexity index is 1480. The number of fused-ring (bicyclic) bond motifs is 1. The summed E-state index contributed by atoms with van der Waals surface area (Å²) in [6, 6.07) is 22.5.